The molecule has 0 fully saturated rings. The Kier molecular flexibility index (Phi) is 67.1. The van der Waals surface area contributed by atoms with E-state index in [1.807, 2.05) is 0 Å². The third kappa shape index (κ3) is 70.9. The van der Waals surface area contributed by atoms with Crippen LogP contribution in [0.4, 0.5) is 0 Å². The zero-order chi connectivity index (χ0) is 71.6. The quantitative estimate of drug-likeness (QED) is 0.0222. The van der Waals surface area contributed by atoms with Crippen molar-refractivity contribution >= 4 is 39.5 Å². The van der Waals surface area contributed by atoms with Gasteiger partial charge in [0.2, 0.25) is 0 Å². The first-order valence-electron chi connectivity index (χ1n) is 40.4. The minimum absolute atomic E-state index is 0.105. The lowest BCUT2D eigenvalue weighted by molar-refractivity contribution is -0.161. The van der Waals surface area contributed by atoms with Crippen LogP contribution in [0.25, 0.3) is 0 Å². The molecule has 6 atom stereocenters. The van der Waals surface area contributed by atoms with Gasteiger partial charge in [0.15, 0.2) is 12.2 Å². The van der Waals surface area contributed by atoms with Gasteiger partial charge in [-0.15, -0.1) is 0 Å². The maximum atomic E-state index is 13.1. The van der Waals surface area contributed by atoms with Crippen molar-refractivity contribution in [3.05, 3.63) is 0 Å². The van der Waals surface area contributed by atoms with Gasteiger partial charge in [0, 0.05) is 25.7 Å². The minimum atomic E-state index is -4.96. The van der Waals surface area contributed by atoms with Crippen LogP contribution < -0.4 is 0 Å². The van der Waals surface area contributed by atoms with Crippen molar-refractivity contribution in [3.63, 3.8) is 0 Å². The predicted octanol–water partition coefficient (Wildman–Crippen LogP) is 23.0. The molecule has 0 aliphatic rings. The van der Waals surface area contributed by atoms with Crippen LogP contribution in [-0.2, 0) is 65.4 Å². The number of hydrogen-bond acceptors (Lipinski definition) is 15. The average molecular weight is 1420 g/mol. The third-order valence-corrected chi connectivity index (χ3v) is 20.4. The first-order chi connectivity index (χ1) is 46.8. The highest BCUT2D eigenvalue weighted by atomic mass is 31.2. The first-order valence-corrected chi connectivity index (χ1v) is 43.4. The van der Waals surface area contributed by atoms with Gasteiger partial charge in [-0.1, -0.05) is 350 Å². The zero-order valence-electron chi connectivity index (χ0n) is 63.5. The molecular weight excluding hydrogens is 1270 g/mol. The SMILES string of the molecule is CCCCCCCC(=O)OC[C@H](COP(=O)(O)OC[C@H](O)COP(=O)(O)OC[C@@H](COC(=O)CCCCCCCCCCCCCCCC(C)C)OC(=O)CCCCCCCCCCCCCCCCCCCCC(C)CC)OC(=O)CCCCCCCCCCCCCC(C)C. The molecule has 0 aromatic heterocycles. The van der Waals surface area contributed by atoms with E-state index in [1.165, 1.54) is 205 Å². The Hall–Kier alpha value is -1.94. The average Bonchev–Trinajstić information content (AvgIpc) is 2.64. The van der Waals surface area contributed by atoms with Gasteiger partial charge in [-0.2, -0.15) is 0 Å². The fourth-order valence-electron chi connectivity index (χ4n) is 11.9. The number of ether oxygens (including phenoxy) is 4. The summed E-state index contributed by atoms with van der Waals surface area (Å²) in [6.45, 7) is 11.9. The third-order valence-electron chi connectivity index (χ3n) is 18.5. The summed E-state index contributed by atoms with van der Waals surface area (Å²) in [7, 11) is -9.90. The molecule has 0 bridgehead atoms. The molecule has 0 aromatic carbocycles. The van der Waals surface area contributed by atoms with E-state index in [4.69, 9.17) is 37.0 Å². The number of hydrogen-bond donors (Lipinski definition) is 3. The van der Waals surface area contributed by atoms with E-state index in [2.05, 4.69) is 48.5 Å². The molecule has 576 valence electrons. The van der Waals surface area contributed by atoms with Crippen molar-refractivity contribution in [2.75, 3.05) is 39.6 Å². The molecule has 3 N–H and O–H groups in total. The van der Waals surface area contributed by atoms with Crippen molar-refractivity contribution in [2.24, 2.45) is 17.8 Å². The Balaban J connectivity index is 5.12. The Morgan fingerprint density at radius 1 is 0.299 bits per heavy atom. The van der Waals surface area contributed by atoms with E-state index in [9.17, 15) is 43.2 Å². The van der Waals surface area contributed by atoms with Crippen LogP contribution in [0.15, 0.2) is 0 Å². The Labute approximate surface area is 594 Å². The lowest BCUT2D eigenvalue weighted by atomic mass is 9.99. The van der Waals surface area contributed by atoms with Crippen LogP contribution in [-0.4, -0.2) is 96.7 Å². The molecule has 0 spiro atoms. The lowest BCUT2D eigenvalue weighted by Crippen LogP contribution is -2.30. The second-order valence-electron chi connectivity index (χ2n) is 29.3. The van der Waals surface area contributed by atoms with Gasteiger partial charge in [0.25, 0.3) is 0 Å². The van der Waals surface area contributed by atoms with E-state index in [0.717, 1.165) is 114 Å². The molecule has 3 unspecified atom stereocenters. The van der Waals surface area contributed by atoms with E-state index in [0.29, 0.717) is 25.7 Å². The number of phosphoric acid groups is 2. The van der Waals surface area contributed by atoms with Crippen LogP contribution in [0.1, 0.15) is 402 Å². The summed E-state index contributed by atoms with van der Waals surface area (Å²) in [5.74, 6) is 0.301. The fraction of sp³-hybridized carbons (Fsp3) is 0.949. The van der Waals surface area contributed by atoms with Crippen LogP contribution >= 0.6 is 15.6 Å². The molecule has 0 saturated heterocycles. The number of rotatable bonds is 76. The van der Waals surface area contributed by atoms with E-state index in [1.54, 1.807) is 0 Å². The van der Waals surface area contributed by atoms with Crippen LogP contribution in [0.5, 0.6) is 0 Å². The second-order valence-corrected chi connectivity index (χ2v) is 32.2. The normalized spacial score (nSPS) is 14.3. The number of aliphatic hydroxyl groups is 1. The van der Waals surface area contributed by atoms with Gasteiger partial charge >= 0.3 is 39.5 Å². The summed E-state index contributed by atoms with van der Waals surface area (Å²) in [6, 6.07) is 0. The van der Waals surface area contributed by atoms with Gasteiger partial charge in [-0.3, -0.25) is 37.3 Å². The Morgan fingerprint density at radius 2 is 0.526 bits per heavy atom. The monoisotopic (exact) mass is 1420 g/mol. The van der Waals surface area contributed by atoms with Crippen molar-refractivity contribution in [3.8, 4) is 0 Å². The maximum Gasteiger partial charge on any atom is 0.472 e. The van der Waals surface area contributed by atoms with Crippen molar-refractivity contribution in [2.45, 2.75) is 420 Å². The van der Waals surface area contributed by atoms with Crippen molar-refractivity contribution < 1.29 is 80.2 Å². The van der Waals surface area contributed by atoms with Crippen molar-refractivity contribution in [1.82, 2.24) is 0 Å². The topological polar surface area (TPSA) is 237 Å². The Bertz CT molecular complexity index is 1890. The van der Waals surface area contributed by atoms with Crippen LogP contribution in [0.2, 0.25) is 0 Å². The molecule has 97 heavy (non-hydrogen) atoms. The number of phosphoric ester groups is 2. The van der Waals surface area contributed by atoms with Crippen molar-refractivity contribution in [1.29, 1.82) is 0 Å². The standard InChI is InChI=1S/C78H152O17P2/c1-8-10-11-42-52-59-75(80)88-65-73(94-77(82)62-55-48-41-35-29-23-25-31-37-44-50-57-70(5)6)67-92-96(84,85)90-63-72(79)64-91-97(86,87)93-68-74(66-89-76(81)60-53-46-39-33-27-22-18-19-24-30-36-43-49-56-69(3)4)95-78(83)61-54-47-40-34-28-21-17-15-13-12-14-16-20-26-32-38-45-51-58-71(7)9-2/h69-74,79H,8-68H2,1-7H3,(H,84,85)(H,86,87)/t71?,72-,73+,74+/m0/s1. The molecule has 17 nitrogen and oxygen atoms in total. The first kappa shape index (κ1) is 95.1. The molecular formula is C78H152O17P2. The number of esters is 4. The summed E-state index contributed by atoms with van der Waals surface area (Å²) >= 11 is 0. The second kappa shape index (κ2) is 68.5. The number of carbonyl (C=O) groups is 4. The molecule has 0 amide bonds. The largest absolute Gasteiger partial charge is 0.472 e. The summed E-state index contributed by atoms with van der Waals surface area (Å²) in [4.78, 5) is 72.6. The summed E-state index contributed by atoms with van der Waals surface area (Å²) < 4.78 is 68.4. The molecule has 0 heterocycles. The summed E-state index contributed by atoms with van der Waals surface area (Å²) in [6.07, 6.45) is 55.9. The van der Waals surface area contributed by atoms with E-state index in [-0.39, 0.29) is 25.7 Å². The predicted molar refractivity (Wildman–Crippen MR) is 395 cm³/mol. The highest BCUT2D eigenvalue weighted by molar-refractivity contribution is 7.47. The van der Waals surface area contributed by atoms with E-state index >= 15 is 0 Å². The molecule has 0 rings (SSSR count). The van der Waals surface area contributed by atoms with Crippen LogP contribution in [0, 0.1) is 17.8 Å². The van der Waals surface area contributed by atoms with Gasteiger partial charge < -0.3 is 33.8 Å². The molecule has 0 aliphatic carbocycles. The van der Waals surface area contributed by atoms with Gasteiger partial charge in [0.1, 0.15) is 19.3 Å². The zero-order valence-corrected chi connectivity index (χ0v) is 65.3. The highest BCUT2D eigenvalue weighted by Gasteiger charge is 2.30. The smallest absolute Gasteiger partial charge is 0.462 e. The van der Waals surface area contributed by atoms with E-state index < -0.39 is 97.5 Å². The number of carbonyl (C=O) groups excluding carboxylic acids is 4. The molecule has 0 aliphatic heterocycles. The minimum Gasteiger partial charge on any atom is -0.462 e. The highest BCUT2D eigenvalue weighted by Crippen LogP contribution is 2.45. The number of unbranched alkanes of at least 4 members (excludes halogenated alkanes) is 43. The molecule has 0 saturated carbocycles. The maximum absolute atomic E-state index is 13.1. The molecule has 19 heteroatoms. The lowest BCUT2D eigenvalue weighted by Gasteiger charge is -2.21. The fourth-order valence-corrected chi connectivity index (χ4v) is 13.5. The van der Waals surface area contributed by atoms with Gasteiger partial charge in [-0.25, -0.2) is 9.13 Å². The number of aliphatic hydroxyl groups excluding tert-OH is 1. The molecule has 0 aromatic rings. The van der Waals surface area contributed by atoms with Crippen LogP contribution in [0.3, 0.4) is 0 Å². The van der Waals surface area contributed by atoms with Gasteiger partial charge in [0.05, 0.1) is 26.4 Å². The molecule has 0 radical (unpaired) electrons. The summed E-state index contributed by atoms with van der Waals surface area (Å²) in [5, 5.41) is 10.6. The van der Waals surface area contributed by atoms with Gasteiger partial charge in [-0.05, 0) is 43.4 Å². The summed E-state index contributed by atoms with van der Waals surface area (Å²) in [5.41, 5.74) is 0. The Morgan fingerprint density at radius 3 is 0.784 bits per heavy atom.